The Morgan fingerprint density at radius 2 is 1.89 bits per heavy atom. The Labute approximate surface area is 231 Å². The van der Waals surface area contributed by atoms with Crippen molar-refractivity contribution in [2.24, 2.45) is 0 Å². The van der Waals surface area contributed by atoms with Crippen LogP contribution < -0.4 is 4.90 Å². The van der Waals surface area contributed by atoms with E-state index >= 15 is 0 Å². The Hall–Kier alpha value is -2.69. The zero-order valence-electron chi connectivity index (χ0n) is 20.1. The predicted octanol–water partition coefficient (Wildman–Crippen LogP) is 6.70. The number of hydrogen-bond acceptors (Lipinski definition) is 7. The quantitative estimate of drug-likeness (QED) is 0.210. The molecule has 6 rings (SSSR count). The molecule has 9 heteroatoms. The number of aromatic nitrogens is 2. The van der Waals surface area contributed by atoms with Gasteiger partial charge in [0.15, 0.2) is 5.13 Å². The van der Waals surface area contributed by atoms with Gasteiger partial charge in [-0.1, -0.05) is 51.5 Å². The number of rotatable bonds is 7. The highest BCUT2D eigenvalue weighted by atomic mass is 79.9. The second-order valence-corrected chi connectivity index (χ2v) is 11.8. The zero-order chi connectivity index (χ0) is 25.2. The van der Waals surface area contributed by atoms with E-state index in [-0.39, 0.29) is 5.91 Å². The number of pyridine rings is 1. The second-order valence-electron chi connectivity index (χ2n) is 8.92. The molecule has 37 heavy (non-hydrogen) atoms. The van der Waals surface area contributed by atoms with E-state index in [1.54, 1.807) is 22.7 Å². The molecule has 1 aliphatic rings. The van der Waals surface area contributed by atoms with Gasteiger partial charge in [-0.15, -0.1) is 11.3 Å². The first-order valence-electron chi connectivity index (χ1n) is 12.3. The van der Waals surface area contributed by atoms with Gasteiger partial charge in [0.25, 0.3) is 5.91 Å². The van der Waals surface area contributed by atoms with Crippen molar-refractivity contribution in [3.8, 4) is 10.6 Å². The van der Waals surface area contributed by atoms with Crippen molar-refractivity contribution >= 4 is 70.8 Å². The standard InChI is InChI=1S/C28H25BrN4O2S2/c29-19-8-9-23-26(17-19)37-28(31-23)33(11-4-10-32-12-14-35-15-13-32)27(34)21-18-24(25-7-3-16-36-25)30-22-6-2-1-5-20(21)22/h1-3,5-9,16-18H,4,10-15H2. The van der Waals surface area contributed by atoms with Gasteiger partial charge < -0.3 is 4.74 Å². The monoisotopic (exact) mass is 592 g/mol. The Bertz CT molecular complexity index is 1550. The SMILES string of the molecule is O=C(c1cc(-c2cccs2)nc2ccccc12)N(CCCN1CCOCC1)c1nc2ccc(Br)cc2s1. The molecule has 6 nitrogen and oxygen atoms in total. The normalized spacial score (nSPS) is 14.4. The van der Waals surface area contributed by atoms with Gasteiger partial charge in [0.05, 0.1) is 45.1 Å². The minimum absolute atomic E-state index is 0.0449. The van der Waals surface area contributed by atoms with Crippen LogP contribution in [0.3, 0.4) is 0 Å². The van der Waals surface area contributed by atoms with Crippen molar-refractivity contribution in [3.63, 3.8) is 0 Å². The highest BCUT2D eigenvalue weighted by Crippen LogP contribution is 2.34. The summed E-state index contributed by atoms with van der Waals surface area (Å²) in [5.74, 6) is -0.0449. The molecule has 0 atom stereocenters. The van der Waals surface area contributed by atoms with Crippen molar-refractivity contribution in [2.75, 3.05) is 44.3 Å². The molecule has 1 amide bonds. The van der Waals surface area contributed by atoms with Crippen LogP contribution in [0.15, 0.2) is 70.5 Å². The van der Waals surface area contributed by atoms with E-state index in [4.69, 9.17) is 14.7 Å². The van der Waals surface area contributed by atoms with Gasteiger partial charge in [0.2, 0.25) is 0 Å². The fourth-order valence-corrected chi connectivity index (χ4v) is 6.84. The molecular weight excluding hydrogens is 568 g/mol. The molecule has 5 aromatic rings. The maximum absolute atomic E-state index is 14.3. The number of para-hydroxylation sites is 1. The van der Waals surface area contributed by atoms with Gasteiger partial charge in [-0.05, 0) is 48.2 Å². The molecule has 1 saturated heterocycles. The van der Waals surface area contributed by atoms with Gasteiger partial charge in [-0.25, -0.2) is 9.97 Å². The van der Waals surface area contributed by atoms with Crippen molar-refractivity contribution in [3.05, 3.63) is 76.1 Å². The number of thiophene rings is 1. The lowest BCUT2D eigenvalue weighted by Gasteiger charge is -2.28. The molecule has 0 bridgehead atoms. The Morgan fingerprint density at radius 3 is 2.73 bits per heavy atom. The lowest BCUT2D eigenvalue weighted by atomic mass is 10.1. The number of hydrogen-bond donors (Lipinski definition) is 0. The molecule has 188 valence electrons. The van der Waals surface area contributed by atoms with Crippen LogP contribution in [0.1, 0.15) is 16.8 Å². The van der Waals surface area contributed by atoms with E-state index in [1.807, 2.05) is 64.9 Å². The van der Waals surface area contributed by atoms with Gasteiger partial charge in [0.1, 0.15) is 0 Å². The molecule has 0 aliphatic carbocycles. The van der Waals surface area contributed by atoms with Gasteiger partial charge in [-0.3, -0.25) is 14.6 Å². The number of ether oxygens (including phenoxy) is 1. The Morgan fingerprint density at radius 1 is 1.03 bits per heavy atom. The summed E-state index contributed by atoms with van der Waals surface area (Å²) in [5, 5.41) is 3.61. The first-order chi connectivity index (χ1) is 18.2. The van der Waals surface area contributed by atoms with Crippen molar-refractivity contribution < 1.29 is 9.53 Å². The maximum Gasteiger partial charge on any atom is 0.260 e. The number of nitrogens with zero attached hydrogens (tertiary/aromatic N) is 4. The van der Waals surface area contributed by atoms with Crippen LogP contribution >= 0.6 is 38.6 Å². The van der Waals surface area contributed by atoms with E-state index in [2.05, 4.69) is 26.9 Å². The predicted molar refractivity (Wildman–Crippen MR) is 156 cm³/mol. The van der Waals surface area contributed by atoms with Crippen LogP contribution in [0.25, 0.3) is 31.7 Å². The summed E-state index contributed by atoms with van der Waals surface area (Å²) in [7, 11) is 0. The molecule has 0 radical (unpaired) electrons. The van der Waals surface area contributed by atoms with Crippen LogP contribution in [0, 0.1) is 0 Å². The topological polar surface area (TPSA) is 58.6 Å². The third kappa shape index (κ3) is 5.32. The number of thiazole rings is 1. The number of amides is 1. The van der Waals surface area contributed by atoms with Crippen LogP contribution in [0.4, 0.5) is 5.13 Å². The lowest BCUT2D eigenvalue weighted by Crippen LogP contribution is -2.39. The molecule has 1 fully saturated rings. The fraction of sp³-hybridized carbons (Fsp3) is 0.250. The minimum atomic E-state index is -0.0449. The molecule has 0 spiro atoms. The van der Waals surface area contributed by atoms with Gasteiger partial charge >= 0.3 is 0 Å². The van der Waals surface area contributed by atoms with Crippen LogP contribution in [-0.4, -0.2) is 60.2 Å². The number of morpholine rings is 1. The number of carbonyl (C=O) groups excluding carboxylic acids is 1. The summed E-state index contributed by atoms with van der Waals surface area (Å²) < 4.78 is 7.55. The van der Waals surface area contributed by atoms with Gasteiger partial charge in [-0.2, -0.15) is 0 Å². The van der Waals surface area contributed by atoms with Crippen molar-refractivity contribution in [2.45, 2.75) is 6.42 Å². The van der Waals surface area contributed by atoms with E-state index in [1.165, 1.54) is 0 Å². The summed E-state index contributed by atoms with van der Waals surface area (Å²) in [6.45, 7) is 4.90. The van der Waals surface area contributed by atoms with Crippen LogP contribution in [-0.2, 0) is 4.74 Å². The first kappa shape index (κ1) is 24.6. The number of anilines is 1. The van der Waals surface area contributed by atoms with E-state index in [9.17, 15) is 4.79 Å². The molecule has 2 aromatic carbocycles. The average molecular weight is 594 g/mol. The number of benzene rings is 2. The van der Waals surface area contributed by atoms with Crippen molar-refractivity contribution in [1.29, 1.82) is 0 Å². The van der Waals surface area contributed by atoms with Crippen LogP contribution in [0.5, 0.6) is 0 Å². The summed E-state index contributed by atoms with van der Waals surface area (Å²) >= 11 is 6.74. The summed E-state index contributed by atoms with van der Waals surface area (Å²) in [6, 6.07) is 19.9. The van der Waals surface area contributed by atoms with E-state index < -0.39 is 0 Å². The minimum Gasteiger partial charge on any atom is -0.379 e. The highest BCUT2D eigenvalue weighted by Gasteiger charge is 2.25. The molecule has 1 aliphatic heterocycles. The maximum atomic E-state index is 14.3. The Kier molecular flexibility index (Phi) is 7.30. The molecule has 4 heterocycles. The molecule has 0 N–H and O–H groups in total. The van der Waals surface area contributed by atoms with E-state index in [0.29, 0.717) is 12.1 Å². The van der Waals surface area contributed by atoms with E-state index in [0.717, 1.165) is 80.6 Å². The highest BCUT2D eigenvalue weighted by molar-refractivity contribution is 9.10. The second kappa shape index (κ2) is 11.0. The number of fused-ring (bicyclic) bond motifs is 2. The number of carbonyl (C=O) groups is 1. The smallest absolute Gasteiger partial charge is 0.260 e. The lowest BCUT2D eigenvalue weighted by molar-refractivity contribution is 0.0376. The molecule has 0 unspecified atom stereocenters. The summed E-state index contributed by atoms with van der Waals surface area (Å²) in [4.78, 5) is 29.4. The summed E-state index contributed by atoms with van der Waals surface area (Å²) in [5.41, 5.74) is 3.19. The van der Waals surface area contributed by atoms with Crippen LogP contribution in [0.2, 0.25) is 0 Å². The molecule has 3 aromatic heterocycles. The molecular formula is C28H25BrN4O2S2. The third-order valence-corrected chi connectivity index (χ3v) is 8.92. The largest absolute Gasteiger partial charge is 0.379 e. The van der Waals surface area contributed by atoms with Gasteiger partial charge in [0, 0.05) is 36.0 Å². The zero-order valence-corrected chi connectivity index (χ0v) is 23.3. The first-order valence-corrected chi connectivity index (χ1v) is 14.8. The number of halogens is 1. The van der Waals surface area contributed by atoms with Crippen molar-refractivity contribution in [1.82, 2.24) is 14.9 Å². The average Bonchev–Trinajstić information content (AvgIpc) is 3.61. The summed E-state index contributed by atoms with van der Waals surface area (Å²) in [6.07, 6.45) is 0.853. The Balaban J connectivity index is 1.39. The fourth-order valence-electron chi connectivity index (χ4n) is 4.61. The third-order valence-electron chi connectivity index (χ3n) is 6.50. The molecule has 0 saturated carbocycles.